The van der Waals surface area contributed by atoms with E-state index in [-0.39, 0.29) is 17.3 Å². The van der Waals surface area contributed by atoms with Crippen molar-refractivity contribution < 1.29 is 14.1 Å². The Bertz CT molecular complexity index is 474. The first-order valence-electron chi connectivity index (χ1n) is 4.87. The molecule has 92 valence electrons. The molecule has 0 heterocycles. The number of hydrogen-bond acceptors (Lipinski definition) is 4. The Balaban J connectivity index is 3.26. The Hall–Kier alpha value is -2.18. The summed E-state index contributed by atoms with van der Waals surface area (Å²) in [4.78, 5) is 21.5. The highest BCUT2D eigenvalue weighted by molar-refractivity contribution is 5.99. The number of nitro groups is 1. The van der Waals surface area contributed by atoms with Crippen molar-refractivity contribution in [3.05, 3.63) is 33.6 Å². The summed E-state index contributed by atoms with van der Waals surface area (Å²) in [6.45, 7) is 3.41. The van der Waals surface area contributed by atoms with Crippen LogP contribution in [0.15, 0.2) is 12.1 Å². The lowest BCUT2D eigenvalue weighted by atomic mass is 10.1. The van der Waals surface area contributed by atoms with Crippen molar-refractivity contribution in [2.45, 2.75) is 19.9 Å². The number of nitrogens with one attached hydrogen (secondary N) is 1. The highest BCUT2D eigenvalue weighted by Crippen LogP contribution is 2.24. The van der Waals surface area contributed by atoms with Crippen molar-refractivity contribution >= 4 is 17.3 Å². The summed E-state index contributed by atoms with van der Waals surface area (Å²) in [6, 6.07) is 1.42. The summed E-state index contributed by atoms with van der Waals surface area (Å²) >= 11 is 0. The quantitative estimate of drug-likeness (QED) is 0.475. The number of amides is 1. The van der Waals surface area contributed by atoms with Crippen LogP contribution in [0, 0.1) is 15.9 Å². The van der Waals surface area contributed by atoms with Crippen molar-refractivity contribution in [3.8, 4) is 0 Å². The lowest BCUT2D eigenvalue weighted by Gasteiger charge is -2.09. The summed E-state index contributed by atoms with van der Waals surface area (Å²) < 4.78 is 13.1. The summed E-state index contributed by atoms with van der Waals surface area (Å²) in [7, 11) is 0. The molecule has 7 heteroatoms. The van der Waals surface area contributed by atoms with Gasteiger partial charge in [0.1, 0.15) is 5.56 Å². The van der Waals surface area contributed by atoms with Crippen LogP contribution in [0.1, 0.15) is 24.2 Å². The number of nitrogens with two attached hydrogens (primary N) is 1. The first-order chi connectivity index (χ1) is 7.82. The molecule has 0 saturated carbocycles. The summed E-state index contributed by atoms with van der Waals surface area (Å²) in [5, 5.41) is 13.2. The van der Waals surface area contributed by atoms with E-state index in [2.05, 4.69) is 5.32 Å². The van der Waals surface area contributed by atoms with Gasteiger partial charge in [-0.1, -0.05) is 0 Å². The molecule has 17 heavy (non-hydrogen) atoms. The minimum absolute atomic E-state index is 0.187. The van der Waals surface area contributed by atoms with Crippen molar-refractivity contribution in [2.75, 3.05) is 5.73 Å². The molecule has 0 spiro atoms. The van der Waals surface area contributed by atoms with Gasteiger partial charge in [-0.3, -0.25) is 14.9 Å². The molecular formula is C10H12FN3O3. The van der Waals surface area contributed by atoms with Crippen LogP contribution in [0.25, 0.3) is 0 Å². The Morgan fingerprint density at radius 1 is 1.53 bits per heavy atom. The lowest BCUT2D eigenvalue weighted by molar-refractivity contribution is -0.385. The van der Waals surface area contributed by atoms with Crippen LogP contribution in [0.3, 0.4) is 0 Å². The first-order valence-corrected chi connectivity index (χ1v) is 4.87. The zero-order valence-electron chi connectivity index (χ0n) is 9.36. The van der Waals surface area contributed by atoms with Crippen LogP contribution in [0.5, 0.6) is 0 Å². The Kier molecular flexibility index (Phi) is 3.62. The van der Waals surface area contributed by atoms with Crippen LogP contribution in [-0.2, 0) is 0 Å². The van der Waals surface area contributed by atoms with Gasteiger partial charge in [-0.2, -0.15) is 0 Å². The van der Waals surface area contributed by atoms with E-state index in [9.17, 15) is 19.3 Å². The Morgan fingerprint density at radius 3 is 2.59 bits per heavy atom. The molecule has 0 aliphatic carbocycles. The van der Waals surface area contributed by atoms with Crippen molar-refractivity contribution in [1.29, 1.82) is 0 Å². The summed E-state index contributed by atoms with van der Waals surface area (Å²) in [5.74, 6) is -1.57. The maximum Gasteiger partial charge on any atom is 0.285 e. The number of nitro benzene ring substituents is 1. The molecule has 0 bridgehead atoms. The third-order valence-electron chi connectivity index (χ3n) is 1.98. The van der Waals surface area contributed by atoms with E-state index < -0.39 is 22.3 Å². The van der Waals surface area contributed by atoms with Crippen LogP contribution in [0.2, 0.25) is 0 Å². The predicted octanol–water partition coefficient (Wildman–Crippen LogP) is 1.45. The molecule has 0 atom stereocenters. The number of anilines is 1. The van der Waals surface area contributed by atoms with E-state index >= 15 is 0 Å². The molecule has 6 nitrogen and oxygen atoms in total. The van der Waals surface area contributed by atoms with E-state index in [4.69, 9.17) is 5.73 Å². The lowest BCUT2D eigenvalue weighted by Crippen LogP contribution is -2.30. The molecule has 3 N–H and O–H groups in total. The number of halogens is 1. The van der Waals surface area contributed by atoms with Gasteiger partial charge in [0.15, 0.2) is 5.82 Å². The Labute approximate surface area is 96.8 Å². The van der Waals surface area contributed by atoms with Crippen LogP contribution in [0.4, 0.5) is 15.8 Å². The van der Waals surface area contributed by atoms with Gasteiger partial charge in [-0.05, 0) is 19.9 Å². The van der Waals surface area contributed by atoms with Gasteiger partial charge in [0.2, 0.25) is 0 Å². The SMILES string of the molecule is CC(C)NC(=O)c1cc(N)c(F)cc1[N+](=O)[O-]. The average Bonchev–Trinajstić information content (AvgIpc) is 2.19. The van der Waals surface area contributed by atoms with Crippen LogP contribution in [-0.4, -0.2) is 16.9 Å². The second-order valence-corrected chi connectivity index (χ2v) is 3.78. The molecule has 0 unspecified atom stereocenters. The number of nitrogens with zero attached hydrogens (tertiary/aromatic N) is 1. The van der Waals surface area contributed by atoms with Gasteiger partial charge in [0, 0.05) is 6.04 Å². The van der Waals surface area contributed by atoms with Crippen molar-refractivity contribution in [3.63, 3.8) is 0 Å². The van der Waals surface area contributed by atoms with Gasteiger partial charge in [0.25, 0.3) is 11.6 Å². The van der Waals surface area contributed by atoms with E-state index in [0.717, 1.165) is 6.07 Å². The van der Waals surface area contributed by atoms with Gasteiger partial charge in [-0.15, -0.1) is 0 Å². The smallest absolute Gasteiger partial charge is 0.285 e. The number of benzene rings is 1. The fraction of sp³-hybridized carbons (Fsp3) is 0.300. The fourth-order valence-electron chi connectivity index (χ4n) is 1.25. The molecule has 0 aromatic heterocycles. The number of rotatable bonds is 3. The van der Waals surface area contributed by atoms with Gasteiger partial charge < -0.3 is 11.1 Å². The topological polar surface area (TPSA) is 98.3 Å². The molecule has 0 aliphatic rings. The molecule has 0 saturated heterocycles. The molecule has 1 rings (SSSR count). The van der Waals surface area contributed by atoms with E-state index in [0.29, 0.717) is 6.07 Å². The van der Waals surface area contributed by atoms with Crippen molar-refractivity contribution in [2.24, 2.45) is 0 Å². The molecule has 0 aliphatic heterocycles. The second-order valence-electron chi connectivity index (χ2n) is 3.78. The van der Waals surface area contributed by atoms with Crippen molar-refractivity contribution in [1.82, 2.24) is 5.32 Å². The number of nitrogen functional groups attached to an aromatic ring is 1. The van der Waals surface area contributed by atoms with Gasteiger partial charge >= 0.3 is 0 Å². The predicted molar refractivity (Wildman–Crippen MR) is 60.1 cm³/mol. The molecule has 1 aromatic carbocycles. The zero-order valence-corrected chi connectivity index (χ0v) is 9.36. The maximum absolute atomic E-state index is 13.1. The third kappa shape index (κ3) is 2.90. The summed E-state index contributed by atoms with van der Waals surface area (Å²) in [5.41, 5.74) is 4.13. The minimum atomic E-state index is -0.919. The molecule has 1 aromatic rings. The molecular weight excluding hydrogens is 229 g/mol. The number of hydrogen-bond donors (Lipinski definition) is 2. The zero-order chi connectivity index (χ0) is 13.2. The minimum Gasteiger partial charge on any atom is -0.396 e. The fourth-order valence-corrected chi connectivity index (χ4v) is 1.25. The summed E-state index contributed by atoms with van der Waals surface area (Å²) in [6.07, 6.45) is 0. The Morgan fingerprint density at radius 2 is 2.12 bits per heavy atom. The average molecular weight is 241 g/mol. The van der Waals surface area contributed by atoms with Crippen LogP contribution < -0.4 is 11.1 Å². The first kappa shape index (κ1) is 12.9. The number of carbonyl (C=O) groups excluding carboxylic acids is 1. The normalized spacial score (nSPS) is 10.4. The standard InChI is InChI=1S/C10H12FN3O3/c1-5(2)13-10(15)6-3-8(12)7(11)4-9(6)14(16)17/h3-5H,12H2,1-2H3,(H,13,15). The van der Waals surface area contributed by atoms with Gasteiger partial charge in [-0.25, -0.2) is 4.39 Å². The largest absolute Gasteiger partial charge is 0.396 e. The number of carbonyl (C=O) groups is 1. The van der Waals surface area contributed by atoms with E-state index in [1.165, 1.54) is 0 Å². The molecule has 1 amide bonds. The highest BCUT2D eigenvalue weighted by atomic mass is 19.1. The van der Waals surface area contributed by atoms with Gasteiger partial charge in [0.05, 0.1) is 16.7 Å². The maximum atomic E-state index is 13.1. The second kappa shape index (κ2) is 4.77. The monoisotopic (exact) mass is 241 g/mol. The third-order valence-corrected chi connectivity index (χ3v) is 1.98. The van der Waals surface area contributed by atoms with E-state index in [1.54, 1.807) is 13.8 Å². The molecule has 0 fully saturated rings. The molecule has 0 radical (unpaired) electrons. The van der Waals surface area contributed by atoms with Crippen LogP contribution >= 0.6 is 0 Å². The van der Waals surface area contributed by atoms with E-state index in [1.807, 2.05) is 0 Å². The highest BCUT2D eigenvalue weighted by Gasteiger charge is 2.23.